The molecule has 1 rings (SSSR count). The first-order chi connectivity index (χ1) is 2.89. The normalized spacial score (nSPS) is 7.57. The summed E-state index contributed by atoms with van der Waals surface area (Å²) in [6, 6.07) is 1.83. The smallest absolute Gasteiger partial charge is 0.316 e. The lowest BCUT2D eigenvalue weighted by Crippen LogP contribution is -1.35. The third-order valence-corrected chi connectivity index (χ3v) is 0.938. The van der Waals surface area contributed by atoms with Gasteiger partial charge in [-0.2, -0.15) is 0 Å². The molecule has 0 atom stereocenters. The predicted molar refractivity (Wildman–Crippen MR) is 35.0 cm³/mol. The molecule has 0 saturated heterocycles. The highest BCUT2D eigenvalue weighted by Crippen LogP contribution is 2.06. The van der Waals surface area contributed by atoms with E-state index in [0.29, 0.717) is 0 Å². The summed E-state index contributed by atoms with van der Waals surface area (Å²) in [4.78, 5) is 0. The summed E-state index contributed by atoms with van der Waals surface area (Å²) in [6.07, 6.45) is 3.24. The number of rotatable bonds is 0. The fourth-order valence-corrected chi connectivity index (χ4v) is 0.464. The lowest BCUT2D eigenvalue weighted by molar-refractivity contribution is 0.566. The van der Waals surface area contributed by atoms with Gasteiger partial charge in [0.2, 0.25) is 0 Å². The molecule has 0 radical (unpaired) electrons. The molecule has 0 N–H and O–H groups in total. The molecule has 0 aromatic carbocycles. The van der Waals surface area contributed by atoms with Gasteiger partial charge in [0.25, 0.3) is 0 Å². The van der Waals surface area contributed by atoms with Gasteiger partial charge in [-0.1, -0.05) is 0 Å². The van der Waals surface area contributed by atoms with Crippen LogP contribution < -0.4 is 0 Å². The highest BCUT2D eigenvalue weighted by atomic mass is 79.9. The molecule has 0 aliphatic heterocycles. The molecule has 0 bridgehead atoms. The van der Waals surface area contributed by atoms with E-state index >= 15 is 0 Å². The summed E-state index contributed by atoms with van der Waals surface area (Å²) in [5.41, 5.74) is 0. The van der Waals surface area contributed by atoms with Crippen molar-refractivity contribution in [1.29, 1.82) is 0 Å². The number of hydrogen-bond donors (Lipinski definition) is 0. The minimum absolute atomic E-state index is 0. The Kier molecular flexibility index (Phi) is 3.78. The highest BCUT2D eigenvalue weighted by Gasteiger charge is 1.78. The van der Waals surface area contributed by atoms with Crippen LogP contribution in [0.25, 0.3) is 0 Å². The van der Waals surface area contributed by atoms with Crippen LogP contribution in [0.15, 0.2) is 27.5 Å². The molecule has 0 aliphatic carbocycles. The van der Waals surface area contributed by atoms with Crippen LogP contribution in [0.3, 0.4) is 0 Å². The molecule has 0 amide bonds. The number of halogens is 1. The number of furan rings is 1. The average molecular weight is 173 g/mol. The first-order valence-corrected chi connectivity index (χ1v) is 2.36. The van der Waals surface area contributed by atoms with Gasteiger partial charge in [-0.3, -0.25) is 0 Å². The maximum atomic E-state index is 4.67. The van der Waals surface area contributed by atoms with E-state index in [-0.39, 0.29) is 23.1 Å². The van der Waals surface area contributed by atoms with Crippen LogP contribution in [0, 0.1) is 0 Å². The lowest BCUT2D eigenvalue weighted by Gasteiger charge is -1.60. The van der Waals surface area contributed by atoms with Crippen LogP contribution in [0.5, 0.6) is 0 Å². The zero-order chi connectivity index (χ0) is 4.41. The molecule has 0 unspecified atom stereocenters. The summed E-state index contributed by atoms with van der Waals surface area (Å²) < 4.78 is 5.66. The first kappa shape index (κ1) is 7.53. The number of hydrogen-bond acceptors (Lipinski definition) is 1. The Morgan fingerprint density at radius 1 is 1.57 bits per heavy atom. The van der Waals surface area contributed by atoms with E-state index < -0.39 is 0 Å². The second-order valence-corrected chi connectivity index (χ2v) is 1.86. The molecule has 0 saturated carbocycles. The van der Waals surface area contributed by atoms with E-state index in [9.17, 15) is 0 Å². The molecule has 1 aromatic rings. The van der Waals surface area contributed by atoms with Crippen LogP contribution in [0.2, 0.25) is 0 Å². The van der Waals surface area contributed by atoms with Gasteiger partial charge in [-0.05, 0) is 22.0 Å². The van der Waals surface area contributed by atoms with Crippen molar-refractivity contribution in [2.24, 2.45) is 0 Å². The van der Waals surface area contributed by atoms with E-state index in [1.807, 2.05) is 6.07 Å². The molecule has 1 nitrogen and oxygen atoms in total. The molecule has 0 aliphatic rings. The maximum Gasteiger partial charge on any atom is 0.316 e. The van der Waals surface area contributed by atoms with Crippen LogP contribution in [0.4, 0.5) is 0 Å². The van der Waals surface area contributed by atoms with E-state index in [2.05, 4.69) is 20.3 Å². The van der Waals surface area contributed by atoms with Gasteiger partial charge in [0, 0.05) is 0 Å². The van der Waals surface area contributed by atoms with Crippen LogP contribution in [0.1, 0.15) is 0 Å². The van der Waals surface area contributed by atoms with Crippen molar-refractivity contribution in [1.82, 2.24) is 0 Å². The fraction of sp³-hybridized carbons (Fsp3) is 0. The minimum Gasteiger partial charge on any atom is -0.471 e. The fourth-order valence-electron chi connectivity index (χ4n) is 0.248. The third-order valence-electron chi connectivity index (χ3n) is 0.486. The van der Waals surface area contributed by atoms with E-state index in [1.54, 1.807) is 12.5 Å². The van der Waals surface area contributed by atoms with Gasteiger partial charge in [0.1, 0.15) is 6.26 Å². The SMILES string of the molecule is Brc1ccoc1.[MgH2]. The Hall–Kier alpha value is 0.526. The largest absolute Gasteiger partial charge is 0.471 e. The monoisotopic (exact) mass is 172 g/mol. The average Bonchev–Trinajstić information content (AvgIpc) is 1.86. The van der Waals surface area contributed by atoms with Gasteiger partial charge in [-0.25, -0.2) is 0 Å². The van der Waals surface area contributed by atoms with Crippen LogP contribution in [-0.4, -0.2) is 23.1 Å². The third kappa shape index (κ3) is 2.36. The Morgan fingerprint density at radius 2 is 2.29 bits per heavy atom. The topological polar surface area (TPSA) is 13.1 Å². The van der Waals surface area contributed by atoms with Gasteiger partial charge < -0.3 is 4.42 Å². The molecule has 1 aromatic heterocycles. The van der Waals surface area contributed by atoms with Gasteiger partial charge in [0.15, 0.2) is 0 Å². The standard InChI is InChI=1S/C4H3BrO.Mg.2H/c5-4-1-2-6-3-4;;;/h1-3H;;;. The Morgan fingerprint density at radius 3 is 2.43 bits per heavy atom. The molecular weight excluding hydrogens is 168 g/mol. The summed E-state index contributed by atoms with van der Waals surface area (Å²) in [5, 5.41) is 0. The molecule has 1 heterocycles. The zero-order valence-corrected chi connectivity index (χ0v) is 4.60. The Balaban J connectivity index is 0.000000360. The van der Waals surface area contributed by atoms with Crippen molar-refractivity contribution in [2.45, 2.75) is 0 Å². The van der Waals surface area contributed by atoms with Crippen molar-refractivity contribution in [2.75, 3.05) is 0 Å². The van der Waals surface area contributed by atoms with Crippen molar-refractivity contribution in [3.8, 4) is 0 Å². The Bertz CT molecular complexity index is 115. The van der Waals surface area contributed by atoms with Crippen molar-refractivity contribution >= 4 is 39.0 Å². The van der Waals surface area contributed by atoms with Crippen molar-refractivity contribution in [3.63, 3.8) is 0 Å². The maximum absolute atomic E-state index is 4.67. The molecule has 3 heteroatoms. The van der Waals surface area contributed by atoms with Gasteiger partial charge in [0.05, 0.1) is 10.7 Å². The second-order valence-electron chi connectivity index (χ2n) is 0.942. The van der Waals surface area contributed by atoms with E-state index in [4.69, 9.17) is 0 Å². The molecule has 7 heavy (non-hydrogen) atoms. The predicted octanol–water partition coefficient (Wildman–Crippen LogP) is 1.13. The molecule has 0 fully saturated rings. The quantitative estimate of drug-likeness (QED) is 0.536. The van der Waals surface area contributed by atoms with Gasteiger partial charge in [-0.15, -0.1) is 0 Å². The minimum atomic E-state index is 0. The first-order valence-electron chi connectivity index (χ1n) is 1.57. The molecule has 0 spiro atoms. The molecular formula is C4H5BrMgO. The van der Waals surface area contributed by atoms with E-state index in [1.165, 1.54) is 0 Å². The summed E-state index contributed by atoms with van der Waals surface area (Å²) in [5.74, 6) is 0. The zero-order valence-electron chi connectivity index (χ0n) is 3.02. The summed E-state index contributed by atoms with van der Waals surface area (Å²) in [6.45, 7) is 0. The van der Waals surface area contributed by atoms with Crippen molar-refractivity contribution in [3.05, 3.63) is 23.1 Å². The summed E-state index contributed by atoms with van der Waals surface area (Å²) in [7, 11) is 0. The Labute approximate surface area is 66.4 Å². The van der Waals surface area contributed by atoms with Gasteiger partial charge >= 0.3 is 23.1 Å². The van der Waals surface area contributed by atoms with Crippen LogP contribution in [-0.2, 0) is 0 Å². The van der Waals surface area contributed by atoms with Crippen molar-refractivity contribution < 1.29 is 4.42 Å². The highest BCUT2D eigenvalue weighted by molar-refractivity contribution is 9.10. The lowest BCUT2D eigenvalue weighted by atomic mass is 10.7. The van der Waals surface area contributed by atoms with E-state index in [0.717, 1.165) is 4.47 Å². The van der Waals surface area contributed by atoms with Crippen LogP contribution >= 0.6 is 15.9 Å². The summed E-state index contributed by atoms with van der Waals surface area (Å²) >= 11 is 3.19. The molecule has 36 valence electrons. The second kappa shape index (κ2) is 3.52.